The largest absolute Gasteiger partial charge is 0.300 e. The maximum Gasteiger partial charge on any atom is 0.146 e. The van der Waals surface area contributed by atoms with Gasteiger partial charge >= 0.3 is 0 Å². The fraction of sp³-hybridized carbons (Fsp3) is 0.905. The first-order valence-corrected chi connectivity index (χ1v) is 10.1. The van der Waals surface area contributed by atoms with Crippen molar-refractivity contribution in [2.45, 2.75) is 84.2 Å². The number of nitrogens with zero attached hydrogens (tertiary/aromatic N) is 1. The Morgan fingerprint density at radius 1 is 1.12 bits per heavy atom. The molecular formula is C21H33NO2. The predicted octanol–water partition coefficient (Wildman–Crippen LogP) is 3.85. The van der Waals surface area contributed by atoms with Crippen molar-refractivity contribution < 1.29 is 9.59 Å². The normalized spacial score (nSPS) is 51.7. The summed E-state index contributed by atoms with van der Waals surface area (Å²) in [6.07, 6.45) is 7.82. The minimum Gasteiger partial charge on any atom is -0.300 e. The fourth-order valence-electron chi connectivity index (χ4n) is 7.62. The van der Waals surface area contributed by atoms with Crippen LogP contribution in [0.1, 0.15) is 72.6 Å². The van der Waals surface area contributed by atoms with Gasteiger partial charge in [0.1, 0.15) is 11.6 Å². The van der Waals surface area contributed by atoms with E-state index in [1.54, 1.807) is 0 Å². The van der Waals surface area contributed by atoms with Crippen LogP contribution in [-0.2, 0) is 9.59 Å². The fourth-order valence-corrected chi connectivity index (χ4v) is 7.62. The lowest BCUT2D eigenvalue weighted by Gasteiger charge is -2.63. The predicted molar refractivity (Wildman–Crippen MR) is 94.6 cm³/mol. The third kappa shape index (κ3) is 2.12. The number of hydrogen-bond donors (Lipinski definition) is 0. The van der Waals surface area contributed by atoms with E-state index in [-0.39, 0.29) is 16.9 Å². The Bertz CT molecular complexity index is 572. The van der Waals surface area contributed by atoms with Gasteiger partial charge in [0.05, 0.1) is 6.54 Å². The lowest BCUT2D eigenvalue weighted by Crippen LogP contribution is -2.67. The van der Waals surface area contributed by atoms with Crippen LogP contribution in [0.4, 0.5) is 0 Å². The van der Waals surface area contributed by atoms with Crippen LogP contribution in [0.5, 0.6) is 0 Å². The molecule has 2 heterocycles. The van der Waals surface area contributed by atoms with Crippen LogP contribution in [-0.4, -0.2) is 34.6 Å². The molecule has 0 amide bonds. The number of carbonyl (C=O) groups excluding carboxylic acids is 2. The molecule has 134 valence electrons. The van der Waals surface area contributed by atoms with E-state index in [0.29, 0.717) is 36.0 Å². The van der Waals surface area contributed by atoms with E-state index < -0.39 is 0 Å². The minimum absolute atomic E-state index is 0.200. The lowest BCUT2D eigenvalue weighted by molar-refractivity contribution is -0.155. The molecule has 0 aromatic heterocycles. The highest BCUT2D eigenvalue weighted by Crippen LogP contribution is 2.64. The van der Waals surface area contributed by atoms with Crippen LogP contribution in [0, 0.1) is 29.1 Å². The van der Waals surface area contributed by atoms with Gasteiger partial charge in [-0.25, -0.2) is 0 Å². The van der Waals surface area contributed by atoms with E-state index in [1.165, 1.54) is 25.7 Å². The topological polar surface area (TPSA) is 37.4 Å². The van der Waals surface area contributed by atoms with Crippen molar-refractivity contribution >= 4 is 11.6 Å². The second-order valence-electron chi connectivity index (χ2n) is 9.77. The molecule has 7 unspecified atom stereocenters. The Morgan fingerprint density at radius 3 is 2.58 bits per heavy atom. The number of ketones is 2. The Kier molecular flexibility index (Phi) is 3.77. The van der Waals surface area contributed by atoms with E-state index in [4.69, 9.17) is 0 Å². The summed E-state index contributed by atoms with van der Waals surface area (Å²) in [6.45, 7) is 9.66. The van der Waals surface area contributed by atoms with Gasteiger partial charge in [0.2, 0.25) is 0 Å². The molecule has 0 spiro atoms. The number of fused-ring (bicyclic) bond motifs is 5. The van der Waals surface area contributed by atoms with Gasteiger partial charge in [0, 0.05) is 23.9 Å². The molecule has 7 atom stereocenters. The quantitative estimate of drug-likeness (QED) is 0.732. The highest BCUT2D eigenvalue weighted by Gasteiger charge is 2.61. The first kappa shape index (κ1) is 16.8. The summed E-state index contributed by atoms with van der Waals surface area (Å²) in [5.41, 5.74) is 0.432. The minimum atomic E-state index is 0.200. The molecule has 2 saturated heterocycles. The highest BCUT2D eigenvalue weighted by atomic mass is 16.1. The molecule has 3 nitrogen and oxygen atoms in total. The molecular weight excluding hydrogens is 298 g/mol. The summed E-state index contributed by atoms with van der Waals surface area (Å²) in [7, 11) is 0. The van der Waals surface area contributed by atoms with Crippen molar-refractivity contribution in [3.63, 3.8) is 0 Å². The zero-order chi connectivity index (χ0) is 17.3. The van der Waals surface area contributed by atoms with Gasteiger partial charge in [0.25, 0.3) is 0 Å². The summed E-state index contributed by atoms with van der Waals surface area (Å²) in [5.74, 6) is 3.30. The third-order valence-corrected chi connectivity index (χ3v) is 8.78. The molecule has 0 aromatic carbocycles. The summed E-state index contributed by atoms with van der Waals surface area (Å²) in [5, 5.41) is 0. The van der Waals surface area contributed by atoms with Gasteiger partial charge in [-0.1, -0.05) is 6.92 Å². The molecule has 3 heteroatoms. The summed E-state index contributed by atoms with van der Waals surface area (Å²) in [6, 6.07) is 0.499. The van der Waals surface area contributed by atoms with E-state index in [9.17, 15) is 9.59 Å². The molecule has 0 radical (unpaired) electrons. The van der Waals surface area contributed by atoms with Crippen LogP contribution in [0.2, 0.25) is 0 Å². The SMILES string of the molecule is CC(=O)C1CCC2C3CC(C)N4CC(=O)CCC4(C)C3CCC12C. The first-order chi connectivity index (χ1) is 11.3. The number of piperidine rings is 2. The van der Waals surface area contributed by atoms with Crippen molar-refractivity contribution in [1.29, 1.82) is 0 Å². The van der Waals surface area contributed by atoms with Gasteiger partial charge in [-0.3, -0.25) is 14.5 Å². The van der Waals surface area contributed by atoms with Crippen LogP contribution in [0.25, 0.3) is 0 Å². The zero-order valence-electron chi connectivity index (χ0n) is 15.8. The molecule has 2 aliphatic heterocycles. The number of carbonyl (C=O) groups is 2. The third-order valence-electron chi connectivity index (χ3n) is 8.78. The average Bonchev–Trinajstić information content (AvgIpc) is 2.87. The first-order valence-electron chi connectivity index (χ1n) is 10.1. The molecule has 4 fully saturated rings. The van der Waals surface area contributed by atoms with Crippen molar-refractivity contribution in [1.82, 2.24) is 4.90 Å². The molecule has 4 rings (SSSR count). The van der Waals surface area contributed by atoms with Gasteiger partial charge in [-0.2, -0.15) is 0 Å². The lowest BCUT2D eigenvalue weighted by atomic mass is 9.50. The average molecular weight is 332 g/mol. The number of hydrogen-bond acceptors (Lipinski definition) is 3. The maximum absolute atomic E-state index is 12.2. The number of rotatable bonds is 1. The van der Waals surface area contributed by atoms with Crippen LogP contribution < -0.4 is 0 Å². The van der Waals surface area contributed by atoms with E-state index in [0.717, 1.165) is 25.2 Å². The molecule has 4 aliphatic rings. The number of Topliss-reactive ketones (excluding diaryl/α,β-unsaturated/α-hetero) is 2. The molecule has 0 aromatic rings. The van der Waals surface area contributed by atoms with Crippen LogP contribution in [0.3, 0.4) is 0 Å². The molecule has 24 heavy (non-hydrogen) atoms. The van der Waals surface area contributed by atoms with E-state index in [1.807, 2.05) is 6.92 Å². The smallest absolute Gasteiger partial charge is 0.146 e. The Labute approximate surface area is 146 Å². The standard InChI is InChI=1S/C21H33NO2/c1-13-11-16-18-6-5-17(14(2)23)20(18,3)9-8-19(16)21(4)10-7-15(24)12-22(13)21/h13,16-19H,5-12H2,1-4H3. The second kappa shape index (κ2) is 5.40. The van der Waals surface area contributed by atoms with Gasteiger partial charge in [-0.15, -0.1) is 0 Å². The van der Waals surface area contributed by atoms with Gasteiger partial charge in [-0.05, 0) is 82.5 Å². The van der Waals surface area contributed by atoms with Crippen molar-refractivity contribution in [3.05, 3.63) is 0 Å². The zero-order valence-corrected chi connectivity index (χ0v) is 15.8. The summed E-state index contributed by atoms with van der Waals surface area (Å²) >= 11 is 0. The Balaban J connectivity index is 1.67. The van der Waals surface area contributed by atoms with Crippen molar-refractivity contribution in [2.24, 2.45) is 29.1 Å². The van der Waals surface area contributed by atoms with Crippen molar-refractivity contribution in [2.75, 3.05) is 6.54 Å². The second-order valence-corrected chi connectivity index (χ2v) is 9.77. The van der Waals surface area contributed by atoms with Gasteiger partial charge < -0.3 is 0 Å². The van der Waals surface area contributed by atoms with Crippen molar-refractivity contribution in [3.8, 4) is 0 Å². The molecule has 0 N–H and O–H groups in total. The summed E-state index contributed by atoms with van der Waals surface area (Å²) < 4.78 is 0. The summed E-state index contributed by atoms with van der Waals surface area (Å²) in [4.78, 5) is 26.8. The van der Waals surface area contributed by atoms with E-state index in [2.05, 4.69) is 25.7 Å². The maximum atomic E-state index is 12.2. The Hall–Kier alpha value is -0.700. The van der Waals surface area contributed by atoms with Crippen LogP contribution >= 0.6 is 0 Å². The monoisotopic (exact) mass is 331 g/mol. The Morgan fingerprint density at radius 2 is 1.88 bits per heavy atom. The molecule has 2 saturated carbocycles. The molecule has 0 bridgehead atoms. The van der Waals surface area contributed by atoms with Gasteiger partial charge in [0.15, 0.2) is 0 Å². The highest BCUT2D eigenvalue weighted by molar-refractivity contribution is 5.81. The van der Waals surface area contributed by atoms with Crippen LogP contribution in [0.15, 0.2) is 0 Å². The molecule has 2 aliphatic carbocycles. The van der Waals surface area contributed by atoms with E-state index >= 15 is 0 Å².